The molecule has 1 aliphatic heterocycles. The Balaban J connectivity index is 2.17. The van der Waals surface area contributed by atoms with Gasteiger partial charge in [-0.3, -0.25) is 0 Å². The lowest BCUT2D eigenvalue weighted by molar-refractivity contribution is 0.125. The largest absolute Gasteiger partial charge is 0.330 e. The lowest BCUT2D eigenvalue weighted by atomic mass is 9.92. The Morgan fingerprint density at radius 2 is 2.06 bits per heavy atom. The highest BCUT2D eigenvalue weighted by Crippen LogP contribution is 2.23. The maximum atomic E-state index is 5.65. The molecule has 1 saturated heterocycles. The van der Waals surface area contributed by atoms with Crippen LogP contribution < -0.4 is 5.73 Å². The molecule has 1 fully saturated rings. The quantitative estimate of drug-likeness (QED) is 0.740. The molecule has 0 radical (unpaired) electrons. The highest BCUT2D eigenvalue weighted by atomic mass is 15.2. The summed E-state index contributed by atoms with van der Waals surface area (Å²) in [4.78, 5) is 2.69. The van der Waals surface area contributed by atoms with Crippen molar-refractivity contribution in [3.05, 3.63) is 0 Å². The van der Waals surface area contributed by atoms with E-state index in [1.54, 1.807) is 0 Å². The van der Waals surface area contributed by atoms with Crippen LogP contribution in [0.1, 0.15) is 59.3 Å². The third-order valence-electron chi connectivity index (χ3n) is 4.49. The molecule has 3 atom stereocenters. The summed E-state index contributed by atoms with van der Waals surface area (Å²) in [6, 6.07) is 0.799. The predicted octanol–water partition coefficient (Wildman–Crippen LogP) is 3.26. The number of rotatable bonds is 7. The lowest BCUT2D eigenvalue weighted by Gasteiger charge is -2.36. The van der Waals surface area contributed by atoms with E-state index in [9.17, 15) is 0 Å². The molecule has 0 aliphatic carbocycles. The van der Waals surface area contributed by atoms with E-state index in [0.29, 0.717) is 0 Å². The van der Waals surface area contributed by atoms with Gasteiger partial charge in [-0.25, -0.2) is 0 Å². The molecule has 3 unspecified atom stereocenters. The number of nitrogens with two attached hydrogens (primary N) is 1. The van der Waals surface area contributed by atoms with Gasteiger partial charge >= 0.3 is 0 Å². The average molecular weight is 240 g/mol. The third kappa shape index (κ3) is 5.39. The number of likely N-dealkylation sites (tertiary alicyclic amines) is 1. The molecule has 0 aromatic carbocycles. The molecule has 1 rings (SSSR count). The molecule has 1 heterocycles. The van der Waals surface area contributed by atoms with Crippen molar-refractivity contribution >= 4 is 0 Å². The van der Waals surface area contributed by atoms with E-state index in [1.807, 2.05) is 0 Å². The van der Waals surface area contributed by atoms with Crippen molar-refractivity contribution < 1.29 is 0 Å². The molecule has 0 bridgehead atoms. The van der Waals surface area contributed by atoms with E-state index >= 15 is 0 Å². The van der Waals surface area contributed by atoms with Gasteiger partial charge in [-0.15, -0.1) is 0 Å². The van der Waals surface area contributed by atoms with Gasteiger partial charge in [-0.2, -0.15) is 0 Å². The normalized spacial score (nSPS) is 28.2. The summed E-state index contributed by atoms with van der Waals surface area (Å²) >= 11 is 0. The van der Waals surface area contributed by atoms with Gasteiger partial charge < -0.3 is 10.6 Å². The molecule has 0 amide bonds. The van der Waals surface area contributed by atoms with Crippen LogP contribution in [0, 0.1) is 11.8 Å². The van der Waals surface area contributed by atoms with Gasteiger partial charge in [0.25, 0.3) is 0 Å². The van der Waals surface area contributed by atoms with Crippen molar-refractivity contribution in [3.63, 3.8) is 0 Å². The van der Waals surface area contributed by atoms with Crippen molar-refractivity contribution in [2.75, 3.05) is 19.6 Å². The van der Waals surface area contributed by atoms with Gasteiger partial charge in [0.05, 0.1) is 0 Å². The molecule has 2 nitrogen and oxygen atoms in total. The van der Waals surface area contributed by atoms with Gasteiger partial charge in [-0.05, 0) is 70.5 Å². The first kappa shape index (κ1) is 15.0. The Labute approximate surface area is 108 Å². The number of piperidine rings is 1. The maximum absolute atomic E-state index is 5.65. The second-order valence-corrected chi connectivity index (χ2v) is 6.01. The van der Waals surface area contributed by atoms with E-state index < -0.39 is 0 Å². The van der Waals surface area contributed by atoms with Crippen LogP contribution in [0.15, 0.2) is 0 Å². The molecule has 0 aromatic rings. The smallest absolute Gasteiger partial charge is 0.00694 e. The van der Waals surface area contributed by atoms with Gasteiger partial charge in [0.1, 0.15) is 0 Å². The first-order valence-corrected chi connectivity index (χ1v) is 7.61. The Hall–Kier alpha value is -0.0800. The maximum Gasteiger partial charge on any atom is 0.00694 e. The van der Waals surface area contributed by atoms with E-state index in [1.165, 1.54) is 51.6 Å². The molecule has 0 saturated carbocycles. The summed E-state index contributed by atoms with van der Waals surface area (Å²) < 4.78 is 0. The zero-order valence-electron chi connectivity index (χ0n) is 12.1. The Bertz CT molecular complexity index is 193. The van der Waals surface area contributed by atoms with Crippen LogP contribution in [0.3, 0.4) is 0 Å². The predicted molar refractivity (Wildman–Crippen MR) is 76.1 cm³/mol. The van der Waals surface area contributed by atoms with Crippen LogP contribution in [0.2, 0.25) is 0 Å². The summed E-state index contributed by atoms with van der Waals surface area (Å²) in [5, 5.41) is 0. The average Bonchev–Trinajstić information content (AvgIpc) is 2.30. The molecule has 102 valence electrons. The van der Waals surface area contributed by atoms with Crippen molar-refractivity contribution in [2.45, 2.75) is 65.3 Å². The summed E-state index contributed by atoms with van der Waals surface area (Å²) in [6.07, 6.45) is 8.01. The lowest BCUT2D eigenvalue weighted by Crippen LogP contribution is -2.40. The van der Waals surface area contributed by atoms with Crippen LogP contribution in [0.5, 0.6) is 0 Å². The SMILES string of the molecule is CCC(CCN)CCCN1CCC(C)CC1C. The highest BCUT2D eigenvalue weighted by molar-refractivity contribution is 4.76. The zero-order valence-corrected chi connectivity index (χ0v) is 12.1. The van der Waals surface area contributed by atoms with Crippen LogP contribution >= 0.6 is 0 Å². The van der Waals surface area contributed by atoms with Crippen LogP contribution in [0.4, 0.5) is 0 Å². The monoisotopic (exact) mass is 240 g/mol. The van der Waals surface area contributed by atoms with Crippen molar-refractivity contribution in [1.82, 2.24) is 4.90 Å². The number of hydrogen-bond acceptors (Lipinski definition) is 2. The van der Waals surface area contributed by atoms with Crippen LogP contribution in [0.25, 0.3) is 0 Å². The number of nitrogens with zero attached hydrogens (tertiary/aromatic N) is 1. The van der Waals surface area contributed by atoms with Crippen molar-refractivity contribution in [1.29, 1.82) is 0 Å². The third-order valence-corrected chi connectivity index (χ3v) is 4.49. The van der Waals surface area contributed by atoms with Crippen molar-refractivity contribution in [3.8, 4) is 0 Å². The van der Waals surface area contributed by atoms with Crippen molar-refractivity contribution in [2.24, 2.45) is 17.6 Å². The first-order chi connectivity index (χ1) is 8.17. The fourth-order valence-electron chi connectivity index (χ4n) is 3.16. The summed E-state index contributed by atoms with van der Waals surface area (Å²) in [5.41, 5.74) is 5.65. The Morgan fingerprint density at radius 1 is 1.29 bits per heavy atom. The summed E-state index contributed by atoms with van der Waals surface area (Å²) in [6.45, 7) is 10.6. The molecule has 2 heteroatoms. The van der Waals surface area contributed by atoms with Gasteiger partial charge in [-0.1, -0.05) is 20.3 Å². The van der Waals surface area contributed by atoms with E-state index in [-0.39, 0.29) is 0 Å². The topological polar surface area (TPSA) is 29.3 Å². The minimum atomic E-state index is 0.799. The molecular formula is C15H32N2. The Morgan fingerprint density at radius 3 is 2.65 bits per heavy atom. The van der Waals surface area contributed by atoms with Gasteiger partial charge in [0.15, 0.2) is 0 Å². The van der Waals surface area contributed by atoms with Gasteiger partial charge in [0, 0.05) is 6.04 Å². The van der Waals surface area contributed by atoms with E-state index in [2.05, 4.69) is 25.7 Å². The fraction of sp³-hybridized carbons (Fsp3) is 1.00. The second kappa shape index (κ2) is 8.10. The Kier molecular flexibility index (Phi) is 7.14. The fourth-order valence-corrected chi connectivity index (χ4v) is 3.16. The molecule has 2 N–H and O–H groups in total. The van der Waals surface area contributed by atoms with Gasteiger partial charge in [0.2, 0.25) is 0 Å². The molecule has 1 aliphatic rings. The molecule has 17 heavy (non-hydrogen) atoms. The molecular weight excluding hydrogens is 208 g/mol. The standard InChI is InChI=1S/C15H32N2/c1-4-15(7-9-16)6-5-10-17-11-8-13(2)12-14(17)3/h13-15H,4-12,16H2,1-3H3. The summed E-state index contributed by atoms with van der Waals surface area (Å²) in [7, 11) is 0. The van der Waals surface area contributed by atoms with Crippen LogP contribution in [-0.4, -0.2) is 30.6 Å². The number of hydrogen-bond donors (Lipinski definition) is 1. The first-order valence-electron chi connectivity index (χ1n) is 7.61. The minimum absolute atomic E-state index is 0.799. The highest BCUT2D eigenvalue weighted by Gasteiger charge is 2.22. The molecule has 0 aromatic heterocycles. The van der Waals surface area contributed by atoms with E-state index in [0.717, 1.165) is 24.4 Å². The minimum Gasteiger partial charge on any atom is -0.330 e. The second-order valence-electron chi connectivity index (χ2n) is 6.01. The van der Waals surface area contributed by atoms with Crippen LogP contribution in [-0.2, 0) is 0 Å². The van der Waals surface area contributed by atoms with E-state index in [4.69, 9.17) is 5.73 Å². The zero-order chi connectivity index (χ0) is 12.7. The molecule has 0 spiro atoms. The summed E-state index contributed by atoms with van der Waals surface area (Å²) in [5.74, 6) is 1.79.